The molecule has 1 atom stereocenters. The second-order valence-corrected chi connectivity index (χ2v) is 9.93. The molecule has 1 aromatic heterocycles. The van der Waals surface area contributed by atoms with E-state index in [1.165, 1.54) is 12.5 Å². The molecule has 0 saturated carbocycles. The van der Waals surface area contributed by atoms with Gasteiger partial charge in [-0.1, -0.05) is 18.2 Å². The van der Waals surface area contributed by atoms with Crippen molar-refractivity contribution in [3.63, 3.8) is 0 Å². The number of rotatable bonds is 8. The van der Waals surface area contributed by atoms with E-state index in [9.17, 15) is 14.0 Å². The second kappa shape index (κ2) is 11.8. The summed E-state index contributed by atoms with van der Waals surface area (Å²) in [5.74, 6) is -0.552. The predicted octanol–water partition coefficient (Wildman–Crippen LogP) is 4.20. The third-order valence-corrected chi connectivity index (χ3v) is 7.36. The molecule has 2 amide bonds. The summed E-state index contributed by atoms with van der Waals surface area (Å²) in [7, 11) is 0. The summed E-state index contributed by atoms with van der Waals surface area (Å²) in [5.41, 5.74) is 7.60. The zero-order chi connectivity index (χ0) is 26.5. The first-order chi connectivity index (χ1) is 18.5. The number of carbonyl (C=O) groups is 2. The van der Waals surface area contributed by atoms with Crippen molar-refractivity contribution < 1.29 is 18.7 Å². The first-order valence-electron chi connectivity index (χ1n) is 13.4. The Hall–Kier alpha value is -3.72. The fourth-order valence-electron chi connectivity index (χ4n) is 5.33. The van der Waals surface area contributed by atoms with E-state index in [0.717, 1.165) is 55.8 Å². The van der Waals surface area contributed by atoms with Crippen LogP contribution in [-0.4, -0.2) is 67.1 Å². The Balaban J connectivity index is 1.26. The maximum absolute atomic E-state index is 13.7. The summed E-state index contributed by atoms with van der Waals surface area (Å²) in [4.78, 5) is 34.1. The number of benzene rings is 2. The van der Waals surface area contributed by atoms with Gasteiger partial charge in [0.25, 0.3) is 11.8 Å². The number of primary amides is 1. The van der Waals surface area contributed by atoms with Gasteiger partial charge in [0.05, 0.1) is 22.7 Å². The van der Waals surface area contributed by atoms with Crippen LogP contribution in [0.1, 0.15) is 52.8 Å². The smallest absolute Gasteiger partial charge is 0.254 e. The molecule has 200 valence electrons. The summed E-state index contributed by atoms with van der Waals surface area (Å²) < 4.78 is 19.5. The minimum Gasteiger partial charge on any atom is -0.378 e. The lowest BCUT2D eigenvalue weighted by molar-refractivity contribution is 0.0107. The summed E-state index contributed by atoms with van der Waals surface area (Å²) in [6.07, 6.45) is 5.86. The number of anilines is 2. The van der Waals surface area contributed by atoms with Gasteiger partial charge in [0.1, 0.15) is 11.6 Å². The van der Waals surface area contributed by atoms with Crippen LogP contribution in [0.5, 0.6) is 0 Å². The molecule has 38 heavy (non-hydrogen) atoms. The molecule has 5 rings (SSSR count). The number of carbonyl (C=O) groups excluding carboxylic acids is 2. The van der Waals surface area contributed by atoms with Crippen LogP contribution in [0.15, 0.2) is 48.5 Å². The summed E-state index contributed by atoms with van der Waals surface area (Å²) in [6, 6.07) is 13.6. The van der Waals surface area contributed by atoms with Crippen LogP contribution in [0.2, 0.25) is 0 Å². The van der Waals surface area contributed by atoms with E-state index in [0.29, 0.717) is 49.4 Å². The first-order valence-corrected chi connectivity index (χ1v) is 13.4. The topological polar surface area (TPSA) is 101 Å². The van der Waals surface area contributed by atoms with Gasteiger partial charge in [-0.25, -0.2) is 9.37 Å². The Kier molecular flexibility index (Phi) is 8.03. The second-order valence-electron chi connectivity index (χ2n) is 9.93. The Morgan fingerprint density at radius 1 is 1.05 bits per heavy atom. The molecule has 2 aliphatic heterocycles. The number of fused-ring (bicyclic) bond motifs is 1. The molecule has 2 aromatic carbocycles. The SMILES string of the molecule is NC(=O)c1cc(F)ccc1N1CCN(C(=O)c2cc(NCCCC3CCCCO3)nc3ccccc23)CC1. The number of nitrogens with one attached hydrogen (secondary N) is 1. The number of hydrogen-bond donors (Lipinski definition) is 2. The molecular weight excluding hydrogens is 485 g/mol. The molecule has 8 nitrogen and oxygen atoms in total. The third kappa shape index (κ3) is 5.88. The normalized spacial score (nSPS) is 18.0. The molecule has 0 spiro atoms. The van der Waals surface area contributed by atoms with Crippen LogP contribution in [0.4, 0.5) is 15.9 Å². The quantitative estimate of drug-likeness (QED) is 0.433. The van der Waals surface area contributed by atoms with Crippen LogP contribution in [0.3, 0.4) is 0 Å². The number of hydrogen-bond acceptors (Lipinski definition) is 6. The highest BCUT2D eigenvalue weighted by Gasteiger charge is 2.26. The summed E-state index contributed by atoms with van der Waals surface area (Å²) in [6.45, 7) is 3.58. The molecule has 2 saturated heterocycles. The van der Waals surface area contributed by atoms with E-state index in [2.05, 4.69) is 5.32 Å². The fraction of sp³-hybridized carbons (Fsp3) is 0.414. The molecule has 2 fully saturated rings. The van der Waals surface area contributed by atoms with Gasteiger partial charge in [-0.3, -0.25) is 9.59 Å². The first kappa shape index (κ1) is 25.9. The predicted molar refractivity (Wildman–Crippen MR) is 146 cm³/mol. The van der Waals surface area contributed by atoms with Gasteiger partial charge in [0.15, 0.2) is 0 Å². The van der Waals surface area contributed by atoms with Gasteiger partial charge >= 0.3 is 0 Å². The number of aromatic nitrogens is 1. The fourth-order valence-corrected chi connectivity index (χ4v) is 5.33. The van der Waals surface area contributed by atoms with Gasteiger partial charge in [-0.05, 0) is 62.4 Å². The lowest BCUT2D eigenvalue weighted by Gasteiger charge is -2.37. The minimum atomic E-state index is -0.674. The van der Waals surface area contributed by atoms with E-state index in [4.69, 9.17) is 15.5 Å². The third-order valence-electron chi connectivity index (χ3n) is 7.36. The Morgan fingerprint density at radius 3 is 2.63 bits per heavy atom. The van der Waals surface area contributed by atoms with Crippen molar-refractivity contribution in [2.24, 2.45) is 5.73 Å². The van der Waals surface area contributed by atoms with Crippen molar-refractivity contribution >= 4 is 34.2 Å². The Bertz CT molecular complexity index is 1300. The maximum Gasteiger partial charge on any atom is 0.254 e. The largest absolute Gasteiger partial charge is 0.378 e. The molecule has 1 unspecified atom stereocenters. The number of halogens is 1. The van der Waals surface area contributed by atoms with E-state index in [-0.39, 0.29) is 11.5 Å². The van der Waals surface area contributed by atoms with E-state index >= 15 is 0 Å². The lowest BCUT2D eigenvalue weighted by Crippen LogP contribution is -2.49. The van der Waals surface area contributed by atoms with Crippen molar-refractivity contribution in [3.8, 4) is 0 Å². The number of pyridine rings is 1. The molecule has 3 N–H and O–H groups in total. The molecule has 0 radical (unpaired) electrons. The van der Waals surface area contributed by atoms with Gasteiger partial charge in [0, 0.05) is 50.4 Å². The van der Waals surface area contributed by atoms with Crippen molar-refractivity contribution in [3.05, 3.63) is 65.5 Å². The molecule has 9 heteroatoms. The van der Waals surface area contributed by atoms with Crippen LogP contribution in [0, 0.1) is 5.82 Å². The molecule has 2 aliphatic rings. The van der Waals surface area contributed by atoms with Gasteiger partial charge < -0.3 is 25.6 Å². The monoisotopic (exact) mass is 519 g/mol. The Morgan fingerprint density at radius 2 is 1.87 bits per heavy atom. The van der Waals surface area contributed by atoms with Crippen LogP contribution >= 0.6 is 0 Å². The van der Waals surface area contributed by atoms with Crippen molar-refractivity contribution in [1.82, 2.24) is 9.88 Å². The molecule has 3 aromatic rings. The highest BCUT2D eigenvalue weighted by atomic mass is 19.1. The molecule has 0 bridgehead atoms. The van der Waals surface area contributed by atoms with E-state index in [1.54, 1.807) is 6.07 Å². The van der Waals surface area contributed by atoms with Crippen LogP contribution in [-0.2, 0) is 4.74 Å². The van der Waals surface area contributed by atoms with Crippen molar-refractivity contribution in [1.29, 1.82) is 0 Å². The average Bonchev–Trinajstić information content (AvgIpc) is 2.95. The summed E-state index contributed by atoms with van der Waals surface area (Å²) in [5, 5.41) is 4.22. The maximum atomic E-state index is 13.7. The van der Waals surface area contributed by atoms with Crippen LogP contribution in [0.25, 0.3) is 10.9 Å². The van der Waals surface area contributed by atoms with Gasteiger partial charge in [0.2, 0.25) is 0 Å². The number of ether oxygens (including phenoxy) is 1. The lowest BCUT2D eigenvalue weighted by atomic mass is 10.0. The van der Waals surface area contributed by atoms with Crippen molar-refractivity contribution in [2.75, 3.05) is 49.5 Å². The Labute approximate surface area is 221 Å². The van der Waals surface area contributed by atoms with Gasteiger partial charge in [-0.15, -0.1) is 0 Å². The average molecular weight is 520 g/mol. The molecular formula is C29H34FN5O3. The number of amides is 2. The minimum absolute atomic E-state index is 0.0591. The van der Waals surface area contributed by atoms with Gasteiger partial charge in [-0.2, -0.15) is 0 Å². The molecule has 3 heterocycles. The van der Waals surface area contributed by atoms with Crippen LogP contribution < -0.4 is 16.0 Å². The zero-order valence-corrected chi connectivity index (χ0v) is 21.5. The van der Waals surface area contributed by atoms with Crippen molar-refractivity contribution in [2.45, 2.75) is 38.2 Å². The number of nitrogens with zero attached hydrogens (tertiary/aromatic N) is 3. The number of nitrogens with two attached hydrogens (primary N) is 1. The standard InChI is InChI=1S/C29H34FN5O3/c30-20-10-11-26(24(18-20)28(31)36)34-13-15-35(16-14-34)29(37)23-19-27(33-25-9-2-1-8-22(23)25)32-12-5-7-21-6-3-4-17-38-21/h1-2,8-11,18-19,21H,3-7,12-17H2,(H2,31,36)(H,32,33). The van der Waals surface area contributed by atoms with E-state index in [1.807, 2.05) is 40.1 Å². The highest BCUT2D eigenvalue weighted by Crippen LogP contribution is 2.26. The number of piperazine rings is 1. The zero-order valence-electron chi connectivity index (χ0n) is 21.5. The summed E-state index contributed by atoms with van der Waals surface area (Å²) >= 11 is 0. The number of para-hydroxylation sites is 1. The van der Waals surface area contributed by atoms with E-state index < -0.39 is 11.7 Å². The highest BCUT2D eigenvalue weighted by molar-refractivity contribution is 6.07. The molecule has 0 aliphatic carbocycles.